The van der Waals surface area contributed by atoms with Crippen LogP contribution in [0.1, 0.15) is 16.1 Å². The van der Waals surface area contributed by atoms with Gasteiger partial charge in [-0.2, -0.15) is 5.26 Å². The van der Waals surface area contributed by atoms with Crippen LogP contribution >= 0.6 is 11.3 Å². The lowest BCUT2D eigenvalue weighted by atomic mass is 10.1. The Balaban J connectivity index is 2.25. The summed E-state index contributed by atoms with van der Waals surface area (Å²) < 4.78 is 0. The van der Waals surface area contributed by atoms with E-state index in [-0.39, 0.29) is 5.91 Å². The number of thiazole rings is 1. The van der Waals surface area contributed by atoms with Crippen LogP contribution in [0.25, 0.3) is 10.6 Å². The maximum absolute atomic E-state index is 11.8. The molecule has 19 heavy (non-hydrogen) atoms. The van der Waals surface area contributed by atoms with Gasteiger partial charge in [-0.1, -0.05) is 12.1 Å². The van der Waals surface area contributed by atoms with E-state index in [1.165, 1.54) is 25.5 Å². The Kier molecular flexibility index (Phi) is 3.90. The van der Waals surface area contributed by atoms with Crippen molar-refractivity contribution in [1.82, 2.24) is 10.0 Å². The summed E-state index contributed by atoms with van der Waals surface area (Å²) >= 11 is 1.38. The van der Waals surface area contributed by atoms with Gasteiger partial charge in [0.05, 0.1) is 18.7 Å². The van der Waals surface area contributed by atoms with Gasteiger partial charge >= 0.3 is 0 Å². The van der Waals surface area contributed by atoms with Crippen molar-refractivity contribution < 1.29 is 9.63 Å². The molecule has 2 aromatic rings. The maximum Gasteiger partial charge on any atom is 0.296 e. The van der Waals surface area contributed by atoms with Crippen LogP contribution in [0.2, 0.25) is 0 Å². The van der Waals surface area contributed by atoms with Crippen molar-refractivity contribution in [3.63, 3.8) is 0 Å². The molecule has 0 spiro atoms. The second-order valence-electron chi connectivity index (χ2n) is 3.71. The Morgan fingerprint density at radius 1 is 1.42 bits per heavy atom. The van der Waals surface area contributed by atoms with Crippen LogP contribution in [0, 0.1) is 11.3 Å². The van der Waals surface area contributed by atoms with E-state index in [0.29, 0.717) is 11.3 Å². The number of hydroxylamine groups is 2. The first-order chi connectivity index (χ1) is 9.15. The molecule has 0 aliphatic carbocycles. The zero-order valence-electron chi connectivity index (χ0n) is 10.5. The van der Waals surface area contributed by atoms with Crippen LogP contribution in [0.15, 0.2) is 29.6 Å². The summed E-state index contributed by atoms with van der Waals surface area (Å²) in [4.78, 5) is 20.9. The fourth-order valence-electron chi connectivity index (χ4n) is 1.44. The summed E-state index contributed by atoms with van der Waals surface area (Å²) in [5, 5.41) is 12.3. The van der Waals surface area contributed by atoms with Gasteiger partial charge in [0.1, 0.15) is 10.7 Å². The molecule has 1 heterocycles. The Morgan fingerprint density at radius 3 is 2.68 bits per heavy atom. The molecule has 2 rings (SSSR count). The topological polar surface area (TPSA) is 66.2 Å². The second kappa shape index (κ2) is 5.61. The van der Waals surface area contributed by atoms with Crippen molar-refractivity contribution in [3.8, 4) is 16.6 Å². The van der Waals surface area contributed by atoms with Crippen LogP contribution in [-0.2, 0) is 4.84 Å². The van der Waals surface area contributed by atoms with Gasteiger partial charge in [0.2, 0.25) is 0 Å². The van der Waals surface area contributed by atoms with E-state index >= 15 is 0 Å². The molecule has 0 saturated carbocycles. The minimum Gasteiger partial charge on any atom is -0.274 e. The SMILES string of the molecule is CON(C)C(=O)c1csc(-c2ccc(C#N)cc2)n1. The van der Waals surface area contributed by atoms with E-state index in [0.717, 1.165) is 15.6 Å². The average Bonchev–Trinajstić information content (AvgIpc) is 2.95. The van der Waals surface area contributed by atoms with Crippen LogP contribution in [-0.4, -0.2) is 30.1 Å². The van der Waals surface area contributed by atoms with Gasteiger partial charge < -0.3 is 0 Å². The Bertz CT molecular complexity index is 628. The van der Waals surface area contributed by atoms with Crippen LogP contribution in [0.3, 0.4) is 0 Å². The molecule has 0 saturated heterocycles. The first-order valence-electron chi connectivity index (χ1n) is 5.44. The third kappa shape index (κ3) is 2.78. The van der Waals surface area contributed by atoms with Gasteiger partial charge in [0.25, 0.3) is 5.91 Å². The predicted molar refractivity (Wildman–Crippen MR) is 71.4 cm³/mol. The molecule has 0 aliphatic rings. The summed E-state index contributed by atoms with van der Waals surface area (Å²) in [6, 6.07) is 9.12. The Morgan fingerprint density at radius 2 is 2.11 bits per heavy atom. The van der Waals surface area contributed by atoms with E-state index in [1.807, 2.05) is 12.1 Å². The summed E-state index contributed by atoms with van der Waals surface area (Å²) in [6.07, 6.45) is 0. The number of nitrogens with zero attached hydrogens (tertiary/aromatic N) is 3. The minimum atomic E-state index is -0.293. The molecule has 96 valence electrons. The highest BCUT2D eigenvalue weighted by atomic mass is 32.1. The molecule has 0 radical (unpaired) electrons. The predicted octanol–water partition coefficient (Wildman–Crippen LogP) is 2.32. The average molecular weight is 273 g/mol. The normalized spacial score (nSPS) is 9.95. The lowest BCUT2D eigenvalue weighted by Crippen LogP contribution is -2.25. The number of rotatable bonds is 3. The number of hydrogen-bond donors (Lipinski definition) is 0. The lowest BCUT2D eigenvalue weighted by Gasteiger charge is -2.11. The molecule has 0 atom stereocenters. The van der Waals surface area contributed by atoms with Gasteiger partial charge in [0.15, 0.2) is 0 Å². The molecule has 0 bridgehead atoms. The summed E-state index contributed by atoms with van der Waals surface area (Å²) in [5.74, 6) is -0.293. The first-order valence-corrected chi connectivity index (χ1v) is 6.32. The molecule has 0 fully saturated rings. The molecule has 1 aromatic heterocycles. The highest BCUT2D eigenvalue weighted by Crippen LogP contribution is 2.24. The molecule has 0 unspecified atom stereocenters. The van der Waals surface area contributed by atoms with Gasteiger partial charge in [-0.05, 0) is 12.1 Å². The van der Waals surface area contributed by atoms with Crippen molar-refractivity contribution >= 4 is 17.2 Å². The van der Waals surface area contributed by atoms with Crippen molar-refractivity contribution in [1.29, 1.82) is 5.26 Å². The summed E-state index contributed by atoms with van der Waals surface area (Å²) in [5.41, 5.74) is 1.81. The molecule has 0 aliphatic heterocycles. The van der Waals surface area contributed by atoms with E-state index in [4.69, 9.17) is 10.1 Å². The first kappa shape index (κ1) is 13.2. The molecule has 1 aromatic carbocycles. The zero-order chi connectivity index (χ0) is 13.8. The van der Waals surface area contributed by atoms with Gasteiger partial charge in [-0.3, -0.25) is 9.63 Å². The number of benzene rings is 1. The smallest absolute Gasteiger partial charge is 0.274 e. The number of hydrogen-bond acceptors (Lipinski definition) is 5. The number of aromatic nitrogens is 1. The minimum absolute atomic E-state index is 0.293. The van der Waals surface area contributed by atoms with E-state index < -0.39 is 0 Å². The number of carbonyl (C=O) groups excluding carboxylic acids is 1. The Labute approximate surface area is 114 Å². The van der Waals surface area contributed by atoms with Crippen molar-refractivity contribution in [2.45, 2.75) is 0 Å². The van der Waals surface area contributed by atoms with Gasteiger partial charge in [-0.25, -0.2) is 10.0 Å². The molecular weight excluding hydrogens is 262 g/mol. The molecule has 5 nitrogen and oxygen atoms in total. The van der Waals surface area contributed by atoms with Crippen LogP contribution in [0.4, 0.5) is 0 Å². The largest absolute Gasteiger partial charge is 0.296 e. The molecule has 1 amide bonds. The van der Waals surface area contributed by atoms with Gasteiger partial charge in [-0.15, -0.1) is 11.3 Å². The number of amides is 1. The monoisotopic (exact) mass is 273 g/mol. The lowest BCUT2D eigenvalue weighted by molar-refractivity contribution is -0.0760. The number of carbonyl (C=O) groups is 1. The van der Waals surface area contributed by atoms with Crippen molar-refractivity contribution in [3.05, 3.63) is 40.9 Å². The third-order valence-electron chi connectivity index (χ3n) is 2.54. The van der Waals surface area contributed by atoms with Crippen LogP contribution < -0.4 is 0 Å². The molecule has 0 N–H and O–H groups in total. The standard InChI is InChI=1S/C13H11N3O2S/c1-16(18-2)13(17)11-8-19-12(15-11)10-5-3-9(7-14)4-6-10/h3-6,8H,1-2H3. The maximum atomic E-state index is 11.8. The highest BCUT2D eigenvalue weighted by molar-refractivity contribution is 7.13. The fourth-order valence-corrected chi connectivity index (χ4v) is 2.24. The third-order valence-corrected chi connectivity index (χ3v) is 3.44. The van der Waals surface area contributed by atoms with Gasteiger partial charge in [0, 0.05) is 18.0 Å². The van der Waals surface area contributed by atoms with E-state index in [2.05, 4.69) is 11.1 Å². The Hall–Kier alpha value is -2.23. The summed E-state index contributed by atoms with van der Waals surface area (Å²) in [6.45, 7) is 0. The van der Waals surface area contributed by atoms with Crippen LogP contribution in [0.5, 0.6) is 0 Å². The molecule has 6 heteroatoms. The van der Waals surface area contributed by atoms with Crippen molar-refractivity contribution in [2.24, 2.45) is 0 Å². The number of nitriles is 1. The van der Waals surface area contributed by atoms with Crippen molar-refractivity contribution in [2.75, 3.05) is 14.2 Å². The quantitative estimate of drug-likeness (QED) is 0.805. The second-order valence-corrected chi connectivity index (χ2v) is 4.57. The van der Waals surface area contributed by atoms with E-state index in [9.17, 15) is 4.79 Å². The fraction of sp³-hybridized carbons (Fsp3) is 0.154. The summed E-state index contributed by atoms with van der Waals surface area (Å²) in [7, 11) is 2.95. The zero-order valence-corrected chi connectivity index (χ0v) is 11.3. The highest BCUT2D eigenvalue weighted by Gasteiger charge is 2.15. The molecular formula is C13H11N3O2S. The van der Waals surface area contributed by atoms with E-state index in [1.54, 1.807) is 17.5 Å².